The van der Waals surface area contributed by atoms with Gasteiger partial charge < -0.3 is 4.90 Å². The molecule has 0 spiro atoms. The van der Waals surface area contributed by atoms with Gasteiger partial charge in [-0.3, -0.25) is 4.90 Å². The number of halogens is 1. The molecular formula is C20H25ClN4. The summed E-state index contributed by atoms with van der Waals surface area (Å²) in [6.45, 7) is 6.49. The van der Waals surface area contributed by atoms with Gasteiger partial charge in [-0.05, 0) is 43.5 Å². The summed E-state index contributed by atoms with van der Waals surface area (Å²) in [7, 11) is 0. The molecule has 4 nitrogen and oxygen atoms in total. The second kappa shape index (κ2) is 7.30. The molecule has 132 valence electrons. The maximum atomic E-state index is 5.98. The minimum atomic E-state index is 0.742. The molecule has 0 unspecified atom stereocenters. The highest BCUT2D eigenvalue weighted by atomic mass is 35.5. The third-order valence-corrected chi connectivity index (χ3v) is 5.82. The van der Waals surface area contributed by atoms with Gasteiger partial charge in [0.2, 0.25) is 0 Å². The van der Waals surface area contributed by atoms with Crippen LogP contribution in [-0.2, 0) is 0 Å². The molecule has 2 heterocycles. The molecule has 1 aliphatic carbocycles. The Labute approximate surface area is 154 Å². The van der Waals surface area contributed by atoms with Crippen LogP contribution in [0.4, 0.5) is 5.82 Å². The SMILES string of the molecule is Cc1cc(N2CCN(C3CCCC3)CC2)nnc1-c1ccc(Cl)cc1. The van der Waals surface area contributed by atoms with Gasteiger partial charge >= 0.3 is 0 Å². The number of piperazine rings is 1. The highest BCUT2D eigenvalue weighted by Gasteiger charge is 2.26. The summed E-state index contributed by atoms with van der Waals surface area (Å²) in [4.78, 5) is 5.04. The molecule has 0 atom stereocenters. The standard InChI is InChI=1S/C20H25ClN4/c1-15-14-19(22-23-20(15)16-6-8-17(21)9-7-16)25-12-10-24(11-13-25)18-4-2-3-5-18/h6-9,14,18H,2-5,10-13H2,1H3. The number of rotatable bonds is 3. The van der Waals surface area contributed by atoms with Crippen LogP contribution in [0.25, 0.3) is 11.3 Å². The van der Waals surface area contributed by atoms with Crippen LogP contribution in [0.1, 0.15) is 31.2 Å². The summed E-state index contributed by atoms with van der Waals surface area (Å²) in [6, 6.07) is 10.8. The summed E-state index contributed by atoms with van der Waals surface area (Å²) in [6.07, 6.45) is 5.58. The lowest BCUT2D eigenvalue weighted by Crippen LogP contribution is -2.50. The van der Waals surface area contributed by atoms with Crippen LogP contribution in [0.2, 0.25) is 5.02 Å². The van der Waals surface area contributed by atoms with Crippen LogP contribution in [0, 0.1) is 6.92 Å². The van der Waals surface area contributed by atoms with Crippen molar-refractivity contribution in [2.24, 2.45) is 0 Å². The normalized spacial score (nSPS) is 19.5. The molecule has 1 saturated carbocycles. The second-order valence-electron chi connectivity index (χ2n) is 7.20. The van der Waals surface area contributed by atoms with Crippen molar-refractivity contribution in [3.8, 4) is 11.3 Å². The summed E-state index contributed by atoms with van der Waals surface area (Å²) < 4.78 is 0. The first-order chi connectivity index (χ1) is 12.2. The molecule has 0 radical (unpaired) electrons. The Morgan fingerprint density at radius 2 is 1.64 bits per heavy atom. The second-order valence-corrected chi connectivity index (χ2v) is 7.64. The van der Waals surface area contributed by atoms with E-state index in [2.05, 4.69) is 33.0 Å². The highest BCUT2D eigenvalue weighted by Crippen LogP contribution is 2.27. The van der Waals surface area contributed by atoms with Gasteiger partial charge in [0, 0.05) is 42.8 Å². The lowest BCUT2D eigenvalue weighted by Gasteiger charge is -2.38. The average molecular weight is 357 g/mol. The van der Waals surface area contributed by atoms with Gasteiger partial charge in [-0.15, -0.1) is 10.2 Å². The maximum absolute atomic E-state index is 5.98. The highest BCUT2D eigenvalue weighted by molar-refractivity contribution is 6.30. The van der Waals surface area contributed by atoms with E-state index in [4.69, 9.17) is 11.6 Å². The fourth-order valence-corrected chi connectivity index (χ4v) is 4.23. The molecule has 2 aliphatic rings. The van der Waals surface area contributed by atoms with E-state index in [9.17, 15) is 0 Å². The Morgan fingerprint density at radius 1 is 0.960 bits per heavy atom. The van der Waals surface area contributed by atoms with Crippen LogP contribution < -0.4 is 4.90 Å². The van der Waals surface area contributed by atoms with E-state index >= 15 is 0 Å². The molecule has 1 aromatic heterocycles. The molecule has 4 rings (SSSR count). The largest absolute Gasteiger partial charge is 0.353 e. The van der Waals surface area contributed by atoms with E-state index in [1.165, 1.54) is 25.7 Å². The summed E-state index contributed by atoms with van der Waals surface area (Å²) >= 11 is 5.98. The van der Waals surface area contributed by atoms with Crippen molar-refractivity contribution < 1.29 is 0 Å². The van der Waals surface area contributed by atoms with Crippen LogP contribution in [0.5, 0.6) is 0 Å². The van der Waals surface area contributed by atoms with Crippen molar-refractivity contribution in [3.05, 3.63) is 40.9 Å². The number of hydrogen-bond acceptors (Lipinski definition) is 4. The zero-order chi connectivity index (χ0) is 17.2. The Bertz CT molecular complexity index is 717. The van der Waals surface area contributed by atoms with Gasteiger partial charge in [0.1, 0.15) is 0 Å². The van der Waals surface area contributed by atoms with E-state index < -0.39 is 0 Å². The number of benzene rings is 1. The Morgan fingerprint density at radius 3 is 2.28 bits per heavy atom. The van der Waals surface area contributed by atoms with Crippen LogP contribution in [-0.4, -0.2) is 47.3 Å². The topological polar surface area (TPSA) is 32.3 Å². The molecule has 5 heteroatoms. The third-order valence-electron chi connectivity index (χ3n) is 5.57. The van der Waals surface area contributed by atoms with Crippen molar-refractivity contribution in [2.45, 2.75) is 38.6 Å². The monoisotopic (exact) mass is 356 g/mol. The number of hydrogen-bond donors (Lipinski definition) is 0. The van der Waals surface area contributed by atoms with Gasteiger partial charge in [-0.1, -0.05) is 36.6 Å². The van der Waals surface area contributed by atoms with E-state index in [0.717, 1.165) is 59.9 Å². The number of aryl methyl sites for hydroxylation is 1. The summed E-state index contributed by atoms with van der Waals surface area (Å²) in [5, 5.41) is 9.75. The molecule has 25 heavy (non-hydrogen) atoms. The smallest absolute Gasteiger partial charge is 0.151 e. The number of nitrogens with zero attached hydrogens (tertiary/aromatic N) is 4. The van der Waals surface area contributed by atoms with Crippen LogP contribution in [0.3, 0.4) is 0 Å². The molecule has 1 aliphatic heterocycles. The first kappa shape index (κ1) is 16.8. The van der Waals surface area contributed by atoms with Crippen LogP contribution >= 0.6 is 11.6 Å². The third kappa shape index (κ3) is 3.65. The van der Waals surface area contributed by atoms with Gasteiger partial charge in [-0.25, -0.2) is 0 Å². The zero-order valence-electron chi connectivity index (χ0n) is 14.8. The molecule has 0 amide bonds. The van der Waals surface area contributed by atoms with E-state index in [1.807, 2.05) is 24.3 Å². The molecule has 0 N–H and O–H groups in total. The first-order valence-electron chi connectivity index (χ1n) is 9.30. The predicted molar refractivity (Wildman–Crippen MR) is 103 cm³/mol. The van der Waals surface area contributed by atoms with Gasteiger partial charge in [0.25, 0.3) is 0 Å². The van der Waals surface area contributed by atoms with Crippen molar-refractivity contribution in [1.29, 1.82) is 0 Å². The van der Waals surface area contributed by atoms with Gasteiger partial charge in [0.15, 0.2) is 5.82 Å². The van der Waals surface area contributed by atoms with Crippen molar-refractivity contribution >= 4 is 17.4 Å². The van der Waals surface area contributed by atoms with Crippen molar-refractivity contribution in [3.63, 3.8) is 0 Å². The van der Waals surface area contributed by atoms with Crippen LogP contribution in [0.15, 0.2) is 30.3 Å². The quantitative estimate of drug-likeness (QED) is 0.826. The molecule has 2 fully saturated rings. The van der Waals surface area contributed by atoms with Gasteiger partial charge in [0.05, 0.1) is 5.69 Å². The Kier molecular flexibility index (Phi) is 4.91. The number of aromatic nitrogens is 2. The minimum absolute atomic E-state index is 0.742. The summed E-state index contributed by atoms with van der Waals surface area (Å²) in [5.74, 6) is 1.00. The fourth-order valence-electron chi connectivity index (χ4n) is 4.10. The lowest BCUT2D eigenvalue weighted by atomic mass is 10.1. The van der Waals surface area contributed by atoms with E-state index in [1.54, 1.807) is 0 Å². The van der Waals surface area contributed by atoms with Crippen molar-refractivity contribution in [2.75, 3.05) is 31.1 Å². The number of anilines is 1. The van der Waals surface area contributed by atoms with Gasteiger partial charge in [-0.2, -0.15) is 0 Å². The predicted octanol–water partition coefficient (Wildman–Crippen LogP) is 4.17. The van der Waals surface area contributed by atoms with E-state index in [-0.39, 0.29) is 0 Å². The lowest BCUT2D eigenvalue weighted by molar-refractivity contribution is 0.187. The molecule has 1 aromatic carbocycles. The maximum Gasteiger partial charge on any atom is 0.151 e. The average Bonchev–Trinajstić information content (AvgIpc) is 3.17. The van der Waals surface area contributed by atoms with Crippen molar-refractivity contribution in [1.82, 2.24) is 15.1 Å². The molecule has 0 bridgehead atoms. The van der Waals surface area contributed by atoms with E-state index in [0.29, 0.717) is 0 Å². The molecule has 1 saturated heterocycles. The Hall–Kier alpha value is -1.65. The molecular weight excluding hydrogens is 332 g/mol. The fraction of sp³-hybridized carbons (Fsp3) is 0.500. The first-order valence-corrected chi connectivity index (χ1v) is 9.68. The molecule has 2 aromatic rings. The minimum Gasteiger partial charge on any atom is -0.353 e. The Balaban J connectivity index is 1.45. The zero-order valence-corrected chi connectivity index (χ0v) is 15.5. The summed E-state index contributed by atoms with van der Waals surface area (Å²) in [5.41, 5.74) is 3.16.